The van der Waals surface area contributed by atoms with Gasteiger partial charge in [0.25, 0.3) is 0 Å². The van der Waals surface area contributed by atoms with E-state index in [4.69, 9.17) is 10.00 Å². The second-order valence-electron chi connectivity index (χ2n) is 8.35. The number of hydrogen-bond acceptors (Lipinski definition) is 5. The molecule has 1 N–H and O–H groups in total. The number of hydrogen-bond donors (Lipinski definition) is 1. The number of aliphatic hydroxyl groups excluding tert-OH is 1. The van der Waals surface area contributed by atoms with Crippen molar-refractivity contribution in [2.75, 3.05) is 6.54 Å². The topological polar surface area (TPSA) is 56.5 Å². The summed E-state index contributed by atoms with van der Waals surface area (Å²) in [5, 5.41) is 19.8. The Labute approximate surface area is 190 Å². The second-order valence-corrected chi connectivity index (χ2v) is 9.49. The van der Waals surface area contributed by atoms with Crippen LogP contribution >= 0.6 is 11.8 Å². The molecule has 2 atom stereocenters. The fraction of sp³-hybridized carbons (Fsp3) is 0.409. The van der Waals surface area contributed by atoms with Crippen LogP contribution in [-0.4, -0.2) is 34.4 Å². The average molecular weight is 490 g/mol. The van der Waals surface area contributed by atoms with E-state index in [1.165, 1.54) is 36.4 Å². The van der Waals surface area contributed by atoms with Crippen molar-refractivity contribution in [1.29, 1.82) is 5.26 Å². The third-order valence-electron chi connectivity index (χ3n) is 5.25. The van der Waals surface area contributed by atoms with E-state index in [-0.39, 0.29) is 29.0 Å². The van der Waals surface area contributed by atoms with Crippen LogP contribution in [0.4, 0.5) is 26.3 Å². The predicted octanol–water partition coefficient (Wildman–Crippen LogP) is 5.80. The number of ether oxygens (including phenoxy) is 1. The maximum atomic E-state index is 13.3. The molecule has 1 aliphatic rings. The monoisotopic (exact) mass is 490 g/mol. The largest absolute Gasteiger partial charge is 0.486 e. The maximum Gasteiger partial charge on any atom is 0.446 e. The number of aliphatic hydroxyl groups is 1. The summed E-state index contributed by atoms with van der Waals surface area (Å²) in [4.78, 5) is 1.68. The molecular weight excluding hydrogens is 470 g/mol. The van der Waals surface area contributed by atoms with Gasteiger partial charge in [-0.1, -0.05) is 26.0 Å². The lowest BCUT2D eigenvalue weighted by Gasteiger charge is -2.28. The molecule has 2 unspecified atom stereocenters. The number of thioether (sulfide) groups is 1. The Morgan fingerprint density at radius 3 is 2.30 bits per heavy atom. The highest BCUT2D eigenvalue weighted by Gasteiger charge is 2.48. The van der Waals surface area contributed by atoms with E-state index < -0.39 is 40.6 Å². The van der Waals surface area contributed by atoms with Crippen LogP contribution in [-0.2, 0) is 12.7 Å². The minimum Gasteiger partial charge on any atom is -0.486 e. The lowest BCUT2D eigenvalue weighted by molar-refractivity contribution is -0.138. The fourth-order valence-corrected chi connectivity index (χ4v) is 4.32. The van der Waals surface area contributed by atoms with Crippen LogP contribution in [0.25, 0.3) is 0 Å². The molecule has 0 bridgehead atoms. The molecule has 0 spiro atoms. The summed E-state index contributed by atoms with van der Waals surface area (Å²) in [6, 6.07) is 10.2. The van der Waals surface area contributed by atoms with E-state index >= 15 is 0 Å². The number of likely N-dealkylation sites (tertiary alicyclic amines) is 1. The number of nitrogens with zero attached hydrogens (tertiary/aromatic N) is 2. The molecule has 0 radical (unpaired) electrons. The van der Waals surface area contributed by atoms with Gasteiger partial charge in [-0.25, -0.2) is 0 Å². The van der Waals surface area contributed by atoms with Gasteiger partial charge in [0.2, 0.25) is 0 Å². The molecular formula is C22H20F6N2O2S. The quantitative estimate of drug-likeness (QED) is 0.424. The van der Waals surface area contributed by atoms with Crippen LogP contribution in [0.2, 0.25) is 0 Å². The maximum absolute atomic E-state index is 13.3. The average Bonchev–Trinajstić information content (AvgIpc) is 2.90. The first kappa shape index (κ1) is 25.2. The highest BCUT2D eigenvalue weighted by molar-refractivity contribution is 8.00. The molecule has 0 aliphatic carbocycles. The minimum atomic E-state index is -4.74. The van der Waals surface area contributed by atoms with Gasteiger partial charge in [-0.2, -0.15) is 31.6 Å². The van der Waals surface area contributed by atoms with Crippen molar-refractivity contribution in [3.05, 3.63) is 59.2 Å². The van der Waals surface area contributed by atoms with Crippen molar-refractivity contribution in [1.82, 2.24) is 4.90 Å². The SMILES string of the molecule is CC1(C)CN(Cc2ccc(SC(F)(F)F)cc2)C(O)C1Oc1ccc(C#N)c(C(F)(F)F)c1. The van der Waals surface area contributed by atoms with Crippen LogP contribution in [0.3, 0.4) is 0 Å². The van der Waals surface area contributed by atoms with E-state index in [2.05, 4.69) is 0 Å². The van der Waals surface area contributed by atoms with E-state index in [9.17, 15) is 31.4 Å². The Balaban J connectivity index is 1.75. The molecule has 0 saturated carbocycles. The van der Waals surface area contributed by atoms with Gasteiger partial charge in [0.05, 0.1) is 17.2 Å². The molecule has 1 saturated heterocycles. The van der Waals surface area contributed by atoms with Crippen molar-refractivity contribution >= 4 is 11.8 Å². The molecule has 1 aliphatic heterocycles. The standard InChI is InChI=1S/C22H20F6N2O2S/c1-20(2)12-30(11-13-3-7-16(8-4-13)33-22(26,27)28)19(31)18(20)32-15-6-5-14(10-29)17(9-15)21(23,24)25/h3-9,18-19,31H,11-12H2,1-2H3. The summed E-state index contributed by atoms with van der Waals surface area (Å²) in [6.07, 6.45) is -6.79. The molecule has 3 rings (SSSR count). The first-order valence-corrected chi connectivity index (χ1v) is 10.6. The Kier molecular flexibility index (Phi) is 6.94. The lowest BCUT2D eigenvalue weighted by Crippen LogP contribution is -2.40. The Bertz CT molecular complexity index is 1030. The normalized spacial score (nSPS) is 21.1. The third-order valence-corrected chi connectivity index (χ3v) is 5.99. The molecule has 11 heteroatoms. The van der Waals surface area contributed by atoms with Gasteiger partial charge in [-0.05, 0) is 47.7 Å². The zero-order valence-corrected chi connectivity index (χ0v) is 18.4. The molecule has 178 valence electrons. The van der Waals surface area contributed by atoms with Crippen LogP contribution in [0, 0.1) is 16.7 Å². The third kappa shape index (κ3) is 6.13. The van der Waals surface area contributed by atoms with Crippen LogP contribution in [0.15, 0.2) is 47.4 Å². The van der Waals surface area contributed by atoms with Gasteiger partial charge in [0, 0.05) is 23.4 Å². The summed E-state index contributed by atoms with van der Waals surface area (Å²) in [5.41, 5.74) is -6.04. The summed E-state index contributed by atoms with van der Waals surface area (Å²) in [5.74, 6) is -0.131. The fourth-order valence-electron chi connectivity index (χ4n) is 3.78. The first-order valence-electron chi connectivity index (χ1n) is 9.74. The number of alkyl halides is 6. The molecule has 2 aromatic carbocycles. The van der Waals surface area contributed by atoms with Crippen LogP contribution in [0.1, 0.15) is 30.5 Å². The zero-order valence-electron chi connectivity index (χ0n) is 17.5. The summed E-state index contributed by atoms with van der Waals surface area (Å²) < 4.78 is 83.0. The lowest BCUT2D eigenvalue weighted by atomic mass is 9.89. The van der Waals surface area contributed by atoms with Gasteiger partial charge in [0.15, 0.2) is 0 Å². The van der Waals surface area contributed by atoms with Gasteiger partial charge >= 0.3 is 11.7 Å². The zero-order chi connectivity index (χ0) is 24.6. The number of halogens is 6. The molecule has 33 heavy (non-hydrogen) atoms. The molecule has 1 fully saturated rings. The van der Waals surface area contributed by atoms with Gasteiger partial charge < -0.3 is 9.84 Å². The van der Waals surface area contributed by atoms with Crippen molar-refractivity contribution in [2.24, 2.45) is 5.41 Å². The highest BCUT2D eigenvalue weighted by Crippen LogP contribution is 2.40. The molecule has 0 amide bonds. The van der Waals surface area contributed by atoms with Crippen molar-refractivity contribution in [3.8, 4) is 11.8 Å². The number of nitriles is 1. The molecule has 4 nitrogen and oxygen atoms in total. The second kappa shape index (κ2) is 9.08. The van der Waals surface area contributed by atoms with Crippen LogP contribution in [0.5, 0.6) is 5.75 Å². The number of rotatable bonds is 5. The van der Waals surface area contributed by atoms with E-state index in [1.54, 1.807) is 18.7 Å². The molecule has 1 heterocycles. The first-order chi connectivity index (χ1) is 15.2. The van der Waals surface area contributed by atoms with E-state index in [1.807, 2.05) is 0 Å². The highest BCUT2D eigenvalue weighted by atomic mass is 32.2. The van der Waals surface area contributed by atoms with Gasteiger partial charge in [-0.15, -0.1) is 0 Å². The summed E-state index contributed by atoms with van der Waals surface area (Å²) >= 11 is -0.224. The van der Waals surface area contributed by atoms with Gasteiger partial charge in [0.1, 0.15) is 18.1 Å². The number of benzene rings is 2. The summed E-state index contributed by atoms with van der Waals surface area (Å²) in [6.45, 7) is 4.12. The Hall–Kier alpha value is -2.42. The van der Waals surface area contributed by atoms with Crippen molar-refractivity contribution < 1.29 is 36.2 Å². The van der Waals surface area contributed by atoms with Gasteiger partial charge in [-0.3, -0.25) is 4.90 Å². The molecule has 2 aromatic rings. The van der Waals surface area contributed by atoms with Crippen molar-refractivity contribution in [2.45, 2.75) is 49.3 Å². The predicted molar refractivity (Wildman–Crippen MR) is 109 cm³/mol. The van der Waals surface area contributed by atoms with E-state index in [0.29, 0.717) is 12.1 Å². The Morgan fingerprint density at radius 2 is 1.76 bits per heavy atom. The van der Waals surface area contributed by atoms with E-state index in [0.717, 1.165) is 12.1 Å². The van der Waals surface area contributed by atoms with Crippen molar-refractivity contribution in [3.63, 3.8) is 0 Å². The Morgan fingerprint density at radius 1 is 1.12 bits per heavy atom. The molecule has 0 aromatic heterocycles. The van der Waals surface area contributed by atoms with Crippen LogP contribution < -0.4 is 4.74 Å². The minimum absolute atomic E-state index is 0.0380. The summed E-state index contributed by atoms with van der Waals surface area (Å²) in [7, 11) is 0. The smallest absolute Gasteiger partial charge is 0.446 e.